The van der Waals surface area contributed by atoms with Crippen molar-refractivity contribution >= 4 is 28.8 Å². The van der Waals surface area contributed by atoms with E-state index in [9.17, 15) is 29.2 Å². The van der Waals surface area contributed by atoms with Gasteiger partial charge in [0, 0.05) is 23.4 Å². The van der Waals surface area contributed by atoms with Gasteiger partial charge >= 0.3 is 0 Å². The predicted octanol–water partition coefficient (Wildman–Crippen LogP) is 4.37. The SMILES string of the molecule is COc1ccc(N2C(=O)C(=O)C(=C(O)c3ccc([N+](=O)[O-])cc3)[C@H]2c2ccc(F)cc2)cc1. The Bertz CT molecular complexity index is 1270. The van der Waals surface area contributed by atoms with Crippen molar-refractivity contribution in [2.24, 2.45) is 0 Å². The number of amides is 1. The Hall–Kier alpha value is -4.53. The number of carbonyl (C=O) groups is 2. The summed E-state index contributed by atoms with van der Waals surface area (Å²) >= 11 is 0. The number of non-ortho nitro benzene ring substituents is 1. The number of aliphatic hydroxyl groups excluding tert-OH is 1. The predicted molar refractivity (Wildman–Crippen MR) is 117 cm³/mol. The summed E-state index contributed by atoms with van der Waals surface area (Å²) in [6.45, 7) is 0. The highest BCUT2D eigenvalue weighted by Crippen LogP contribution is 2.42. The minimum Gasteiger partial charge on any atom is -0.507 e. The third-order valence-corrected chi connectivity index (χ3v) is 5.33. The van der Waals surface area contributed by atoms with Gasteiger partial charge in [-0.05, 0) is 54.1 Å². The molecule has 1 N–H and O–H groups in total. The molecule has 0 radical (unpaired) electrons. The van der Waals surface area contributed by atoms with Crippen LogP contribution >= 0.6 is 0 Å². The minimum absolute atomic E-state index is 0.125. The molecule has 0 bridgehead atoms. The number of Topliss-reactive ketones (excluding diaryl/α,β-unsaturated/α-hetero) is 1. The van der Waals surface area contributed by atoms with Crippen LogP contribution < -0.4 is 9.64 Å². The molecule has 1 aliphatic heterocycles. The first-order chi connectivity index (χ1) is 15.8. The van der Waals surface area contributed by atoms with E-state index < -0.39 is 34.2 Å². The number of ether oxygens (including phenoxy) is 1. The number of carbonyl (C=O) groups excluding carboxylic acids is 2. The molecule has 1 heterocycles. The van der Waals surface area contributed by atoms with Gasteiger partial charge in [-0.1, -0.05) is 12.1 Å². The van der Waals surface area contributed by atoms with Crippen LogP contribution in [0.2, 0.25) is 0 Å². The Kier molecular flexibility index (Phi) is 5.61. The fourth-order valence-corrected chi connectivity index (χ4v) is 3.70. The Morgan fingerprint density at radius 3 is 2.15 bits per heavy atom. The van der Waals surface area contributed by atoms with Gasteiger partial charge in [0.25, 0.3) is 17.4 Å². The Balaban J connectivity index is 1.89. The number of methoxy groups -OCH3 is 1. The average molecular weight is 448 g/mol. The topological polar surface area (TPSA) is 110 Å². The summed E-state index contributed by atoms with van der Waals surface area (Å²) in [5.74, 6) is -2.27. The van der Waals surface area contributed by atoms with Gasteiger partial charge in [0.05, 0.1) is 23.6 Å². The zero-order valence-electron chi connectivity index (χ0n) is 17.3. The second-order valence-electron chi connectivity index (χ2n) is 7.22. The second-order valence-corrected chi connectivity index (χ2v) is 7.22. The highest BCUT2D eigenvalue weighted by atomic mass is 19.1. The van der Waals surface area contributed by atoms with Crippen LogP contribution in [0.1, 0.15) is 17.2 Å². The van der Waals surface area contributed by atoms with E-state index >= 15 is 0 Å². The molecule has 4 rings (SSSR count). The number of halogens is 1. The number of benzene rings is 3. The van der Waals surface area contributed by atoms with Gasteiger partial charge in [0.1, 0.15) is 17.3 Å². The van der Waals surface area contributed by atoms with Crippen LogP contribution in [-0.2, 0) is 9.59 Å². The monoisotopic (exact) mass is 448 g/mol. The molecule has 0 spiro atoms. The number of nitrogens with zero attached hydrogens (tertiary/aromatic N) is 2. The summed E-state index contributed by atoms with van der Waals surface area (Å²) in [6.07, 6.45) is 0. The molecule has 3 aromatic rings. The summed E-state index contributed by atoms with van der Waals surface area (Å²) in [5, 5.41) is 21.9. The number of nitro groups is 1. The van der Waals surface area contributed by atoms with Crippen molar-refractivity contribution in [3.63, 3.8) is 0 Å². The van der Waals surface area contributed by atoms with E-state index in [0.29, 0.717) is 17.0 Å². The molecule has 1 saturated heterocycles. The molecule has 0 aliphatic carbocycles. The highest BCUT2D eigenvalue weighted by Gasteiger charge is 2.47. The molecular formula is C24H17FN2O6. The number of rotatable bonds is 5. The minimum atomic E-state index is -1.05. The number of hydrogen-bond acceptors (Lipinski definition) is 6. The number of anilines is 1. The summed E-state index contributed by atoms with van der Waals surface area (Å²) < 4.78 is 18.7. The molecule has 0 unspecified atom stereocenters. The highest BCUT2D eigenvalue weighted by molar-refractivity contribution is 6.51. The van der Waals surface area contributed by atoms with Crippen LogP contribution in [0.25, 0.3) is 5.76 Å². The molecule has 33 heavy (non-hydrogen) atoms. The van der Waals surface area contributed by atoms with Crippen LogP contribution in [0.5, 0.6) is 5.75 Å². The summed E-state index contributed by atoms with van der Waals surface area (Å²) in [7, 11) is 1.49. The molecular weight excluding hydrogens is 431 g/mol. The molecule has 0 aromatic heterocycles. The lowest BCUT2D eigenvalue weighted by molar-refractivity contribution is -0.384. The molecule has 0 saturated carbocycles. The lowest BCUT2D eigenvalue weighted by Gasteiger charge is -2.25. The van der Waals surface area contributed by atoms with Crippen molar-refractivity contribution < 1.29 is 28.7 Å². The summed E-state index contributed by atoms with van der Waals surface area (Å²) in [6, 6.07) is 15.5. The fourth-order valence-electron chi connectivity index (χ4n) is 3.70. The lowest BCUT2D eigenvalue weighted by atomic mass is 9.95. The number of nitro benzene ring substituents is 1. The smallest absolute Gasteiger partial charge is 0.300 e. The van der Waals surface area contributed by atoms with Gasteiger partial charge < -0.3 is 9.84 Å². The van der Waals surface area contributed by atoms with E-state index in [2.05, 4.69) is 0 Å². The third-order valence-electron chi connectivity index (χ3n) is 5.33. The maximum absolute atomic E-state index is 13.6. The van der Waals surface area contributed by atoms with Gasteiger partial charge in [-0.3, -0.25) is 24.6 Å². The Morgan fingerprint density at radius 1 is 1.00 bits per heavy atom. The molecule has 9 heteroatoms. The van der Waals surface area contributed by atoms with Crippen LogP contribution in [-0.4, -0.2) is 28.8 Å². The van der Waals surface area contributed by atoms with Gasteiger partial charge in [-0.15, -0.1) is 0 Å². The molecule has 1 amide bonds. The zero-order chi connectivity index (χ0) is 23.7. The van der Waals surface area contributed by atoms with Crippen molar-refractivity contribution in [3.05, 3.63) is 105 Å². The van der Waals surface area contributed by atoms with Crippen molar-refractivity contribution in [1.82, 2.24) is 0 Å². The van der Waals surface area contributed by atoms with Gasteiger partial charge in [-0.25, -0.2) is 4.39 Å². The average Bonchev–Trinajstić information content (AvgIpc) is 3.09. The van der Waals surface area contributed by atoms with E-state index in [1.807, 2.05) is 0 Å². The van der Waals surface area contributed by atoms with Gasteiger partial charge in [0.2, 0.25) is 0 Å². The van der Waals surface area contributed by atoms with Gasteiger partial charge in [0.15, 0.2) is 0 Å². The molecule has 1 fully saturated rings. The van der Waals surface area contributed by atoms with E-state index in [1.54, 1.807) is 24.3 Å². The van der Waals surface area contributed by atoms with Crippen molar-refractivity contribution in [3.8, 4) is 5.75 Å². The summed E-state index contributed by atoms with van der Waals surface area (Å²) in [4.78, 5) is 37.6. The standard InChI is InChI=1S/C24H17FN2O6/c1-33-19-12-10-17(11-13-19)26-21(14-2-6-16(25)7-3-14)20(23(29)24(26)30)22(28)15-4-8-18(9-5-15)27(31)32/h2-13,21,28H,1H3/t21-/m1/s1. The molecule has 3 aromatic carbocycles. The number of ketones is 1. The Labute approximate surface area is 187 Å². The van der Waals surface area contributed by atoms with Crippen LogP contribution in [0, 0.1) is 15.9 Å². The maximum Gasteiger partial charge on any atom is 0.300 e. The lowest BCUT2D eigenvalue weighted by Crippen LogP contribution is -2.29. The van der Waals surface area contributed by atoms with Crippen molar-refractivity contribution in [2.75, 3.05) is 12.0 Å². The normalized spacial score (nSPS) is 17.3. The van der Waals surface area contributed by atoms with Gasteiger partial charge in [-0.2, -0.15) is 0 Å². The fraction of sp³-hybridized carbons (Fsp3) is 0.0833. The molecule has 8 nitrogen and oxygen atoms in total. The molecule has 1 atom stereocenters. The van der Waals surface area contributed by atoms with Crippen molar-refractivity contribution in [2.45, 2.75) is 6.04 Å². The first-order valence-corrected chi connectivity index (χ1v) is 9.77. The number of aliphatic hydroxyl groups is 1. The maximum atomic E-state index is 13.6. The molecule has 166 valence electrons. The van der Waals surface area contributed by atoms with Crippen LogP contribution in [0.15, 0.2) is 78.4 Å². The first kappa shape index (κ1) is 21.7. The third kappa shape index (κ3) is 3.91. The second kappa shape index (κ2) is 8.54. The summed E-state index contributed by atoms with van der Waals surface area (Å²) in [5.41, 5.74) is 0.488. The Morgan fingerprint density at radius 2 is 1.61 bits per heavy atom. The van der Waals surface area contributed by atoms with Crippen LogP contribution in [0.4, 0.5) is 15.8 Å². The van der Waals surface area contributed by atoms with E-state index in [0.717, 1.165) is 0 Å². The number of hydrogen-bond donors (Lipinski definition) is 1. The molecule has 1 aliphatic rings. The van der Waals surface area contributed by atoms with Crippen LogP contribution in [0.3, 0.4) is 0 Å². The van der Waals surface area contributed by atoms with E-state index in [4.69, 9.17) is 4.74 Å². The first-order valence-electron chi connectivity index (χ1n) is 9.77. The largest absolute Gasteiger partial charge is 0.507 e. The van der Waals surface area contributed by atoms with Crippen molar-refractivity contribution in [1.29, 1.82) is 0 Å². The van der Waals surface area contributed by atoms with E-state index in [-0.39, 0.29) is 16.8 Å². The quantitative estimate of drug-likeness (QED) is 0.204. The van der Waals surface area contributed by atoms with E-state index in [1.165, 1.54) is 60.5 Å². The zero-order valence-corrected chi connectivity index (χ0v) is 17.3.